The van der Waals surface area contributed by atoms with Crippen molar-refractivity contribution in [2.75, 3.05) is 11.4 Å². The summed E-state index contributed by atoms with van der Waals surface area (Å²) in [5.74, 6) is 0.722. The van der Waals surface area contributed by atoms with Crippen LogP contribution in [0.1, 0.15) is 16.7 Å². The fourth-order valence-electron chi connectivity index (χ4n) is 3.44. The number of benzene rings is 3. The molecule has 152 valence electrons. The van der Waals surface area contributed by atoms with Crippen LogP contribution in [0.15, 0.2) is 77.7 Å². The van der Waals surface area contributed by atoms with E-state index >= 15 is 0 Å². The Labute approximate surface area is 178 Å². The molecule has 0 N–H and O–H groups in total. The van der Waals surface area contributed by atoms with Gasteiger partial charge in [0.05, 0.1) is 4.92 Å². The highest BCUT2D eigenvalue weighted by atomic mass is 32.2. The predicted molar refractivity (Wildman–Crippen MR) is 117 cm³/mol. The third-order valence-corrected chi connectivity index (χ3v) is 5.93. The maximum Gasteiger partial charge on any atom is 0.414 e. The molecule has 0 atom stereocenters. The summed E-state index contributed by atoms with van der Waals surface area (Å²) >= 11 is 1.55. The van der Waals surface area contributed by atoms with E-state index < -0.39 is 11.0 Å². The van der Waals surface area contributed by atoms with E-state index in [2.05, 4.69) is 0 Å². The van der Waals surface area contributed by atoms with Crippen molar-refractivity contribution in [3.8, 4) is 0 Å². The van der Waals surface area contributed by atoms with Gasteiger partial charge in [0.25, 0.3) is 5.69 Å². The second kappa shape index (κ2) is 9.00. The lowest BCUT2D eigenvalue weighted by Crippen LogP contribution is -2.30. The number of carbonyl (C=O) groups excluding carboxylic acids is 1. The Morgan fingerprint density at radius 3 is 2.37 bits per heavy atom. The molecule has 3 aromatic carbocycles. The Kier molecular flexibility index (Phi) is 5.99. The fourth-order valence-corrected chi connectivity index (χ4v) is 4.39. The van der Waals surface area contributed by atoms with Crippen LogP contribution in [0.5, 0.6) is 0 Å². The van der Waals surface area contributed by atoms with Crippen molar-refractivity contribution in [3.63, 3.8) is 0 Å². The first-order valence-corrected chi connectivity index (χ1v) is 10.6. The Bertz CT molecular complexity index is 1060. The smallest absolute Gasteiger partial charge is 0.414 e. The second-order valence-corrected chi connectivity index (χ2v) is 7.97. The monoisotopic (exact) mass is 420 g/mol. The van der Waals surface area contributed by atoms with Crippen molar-refractivity contribution in [1.29, 1.82) is 0 Å². The Morgan fingerprint density at radius 1 is 1.03 bits per heavy atom. The molecule has 1 aliphatic rings. The lowest BCUT2D eigenvalue weighted by molar-refractivity contribution is -0.384. The van der Waals surface area contributed by atoms with E-state index in [9.17, 15) is 14.9 Å². The number of hydrogen-bond donors (Lipinski definition) is 0. The van der Waals surface area contributed by atoms with Crippen LogP contribution >= 0.6 is 11.8 Å². The largest absolute Gasteiger partial charge is 0.444 e. The lowest BCUT2D eigenvalue weighted by atomic mass is 10.1. The van der Waals surface area contributed by atoms with Gasteiger partial charge in [-0.15, -0.1) is 11.8 Å². The van der Waals surface area contributed by atoms with Gasteiger partial charge in [-0.05, 0) is 29.2 Å². The number of anilines is 1. The molecule has 0 radical (unpaired) electrons. The standard InChI is InChI=1S/C23H20N2O4S/c26-23(29-15-17-7-3-1-4-8-17)24-12-11-19-13-20(14-21(22(19)24)25(27)28)30-16-18-9-5-2-6-10-18/h1-10,13-14H,11-12,15-16H2. The molecule has 0 bridgehead atoms. The van der Waals surface area contributed by atoms with Crippen molar-refractivity contribution in [2.24, 2.45) is 0 Å². The van der Waals surface area contributed by atoms with E-state index in [4.69, 9.17) is 4.74 Å². The summed E-state index contributed by atoms with van der Waals surface area (Å²) < 4.78 is 5.40. The first kappa shape index (κ1) is 20.0. The topological polar surface area (TPSA) is 72.7 Å². The van der Waals surface area contributed by atoms with Crippen LogP contribution in [0.2, 0.25) is 0 Å². The summed E-state index contributed by atoms with van der Waals surface area (Å²) in [6.07, 6.45) is 0.00137. The molecule has 0 saturated carbocycles. The fraction of sp³-hybridized carbons (Fsp3) is 0.174. The molecular formula is C23H20N2O4S. The molecule has 30 heavy (non-hydrogen) atoms. The number of nitro groups is 1. The molecule has 0 fully saturated rings. The molecule has 3 aromatic rings. The van der Waals surface area contributed by atoms with Gasteiger partial charge >= 0.3 is 6.09 Å². The van der Waals surface area contributed by atoms with Crippen LogP contribution in [0.3, 0.4) is 0 Å². The predicted octanol–water partition coefficient (Wildman–Crippen LogP) is 5.59. The zero-order chi connectivity index (χ0) is 20.9. The third-order valence-electron chi connectivity index (χ3n) is 4.89. The first-order valence-electron chi connectivity index (χ1n) is 9.58. The van der Waals surface area contributed by atoms with Gasteiger partial charge < -0.3 is 4.74 Å². The number of nitrogens with zero attached hydrogens (tertiary/aromatic N) is 2. The highest BCUT2D eigenvalue weighted by molar-refractivity contribution is 7.98. The van der Waals surface area contributed by atoms with Crippen molar-refractivity contribution in [3.05, 3.63) is 99.6 Å². The first-order chi connectivity index (χ1) is 14.6. The van der Waals surface area contributed by atoms with Gasteiger partial charge in [-0.1, -0.05) is 60.7 Å². The van der Waals surface area contributed by atoms with Crippen LogP contribution in [-0.4, -0.2) is 17.6 Å². The highest BCUT2D eigenvalue weighted by Gasteiger charge is 2.34. The van der Waals surface area contributed by atoms with Crippen molar-refractivity contribution in [1.82, 2.24) is 0 Å². The van der Waals surface area contributed by atoms with Crippen LogP contribution < -0.4 is 4.90 Å². The minimum Gasteiger partial charge on any atom is -0.444 e. The quantitative estimate of drug-likeness (QED) is 0.295. The number of amides is 1. The normalized spacial score (nSPS) is 12.5. The summed E-state index contributed by atoms with van der Waals surface area (Å²) in [5, 5.41) is 11.8. The molecule has 0 unspecified atom stereocenters. The van der Waals surface area contributed by atoms with Crippen LogP contribution in [-0.2, 0) is 23.5 Å². The highest BCUT2D eigenvalue weighted by Crippen LogP contribution is 2.41. The summed E-state index contributed by atoms with van der Waals surface area (Å²) in [5.41, 5.74) is 3.11. The molecule has 1 heterocycles. The number of ether oxygens (including phenoxy) is 1. The summed E-state index contributed by atoms with van der Waals surface area (Å²) in [6, 6.07) is 22.8. The Hall–Kier alpha value is -3.32. The molecule has 7 heteroatoms. The van der Waals surface area contributed by atoms with E-state index in [0.29, 0.717) is 18.7 Å². The summed E-state index contributed by atoms with van der Waals surface area (Å²) in [7, 11) is 0. The summed E-state index contributed by atoms with van der Waals surface area (Å²) in [4.78, 5) is 26.2. The molecular weight excluding hydrogens is 400 g/mol. The van der Waals surface area contributed by atoms with Gasteiger partial charge in [0.15, 0.2) is 0 Å². The minimum absolute atomic E-state index is 0.0581. The van der Waals surface area contributed by atoms with E-state index in [-0.39, 0.29) is 12.3 Å². The van der Waals surface area contributed by atoms with Crippen LogP contribution in [0.4, 0.5) is 16.2 Å². The molecule has 4 rings (SSSR count). The van der Waals surface area contributed by atoms with E-state index in [1.807, 2.05) is 66.7 Å². The molecule has 1 aliphatic heterocycles. The van der Waals surface area contributed by atoms with Gasteiger partial charge in [0.1, 0.15) is 12.3 Å². The molecule has 1 amide bonds. The van der Waals surface area contributed by atoms with Crippen LogP contribution in [0.25, 0.3) is 0 Å². The van der Waals surface area contributed by atoms with Gasteiger partial charge in [-0.3, -0.25) is 15.0 Å². The SMILES string of the molecule is O=C(OCc1ccccc1)N1CCc2cc(SCc3ccccc3)cc([N+](=O)[O-])c21. The lowest BCUT2D eigenvalue weighted by Gasteiger charge is -2.17. The van der Waals surface area contributed by atoms with E-state index in [1.54, 1.807) is 17.8 Å². The molecule has 0 aromatic heterocycles. The average molecular weight is 420 g/mol. The molecule has 0 saturated heterocycles. The number of hydrogen-bond acceptors (Lipinski definition) is 5. The zero-order valence-electron chi connectivity index (χ0n) is 16.2. The molecule has 0 spiro atoms. The Balaban J connectivity index is 1.52. The average Bonchev–Trinajstić information content (AvgIpc) is 3.21. The zero-order valence-corrected chi connectivity index (χ0v) is 17.0. The maximum absolute atomic E-state index is 12.6. The third kappa shape index (κ3) is 4.46. The van der Waals surface area contributed by atoms with Crippen LogP contribution in [0, 0.1) is 10.1 Å². The van der Waals surface area contributed by atoms with Gasteiger partial charge in [0.2, 0.25) is 0 Å². The van der Waals surface area contributed by atoms with Gasteiger partial charge in [-0.25, -0.2) is 4.79 Å². The van der Waals surface area contributed by atoms with Crippen molar-refractivity contribution >= 4 is 29.2 Å². The van der Waals surface area contributed by atoms with E-state index in [1.165, 1.54) is 4.90 Å². The van der Waals surface area contributed by atoms with Crippen molar-refractivity contribution < 1.29 is 14.5 Å². The minimum atomic E-state index is -0.564. The second-order valence-electron chi connectivity index (χ2n) is 6.92. The Morgan fingerprint density at radius 2 is 1.70 bits per heavy atom. The maximum atomic E-state index is 12.6. The van der Waals surface area contributed by atoms with Gasteiger partial charge in [0, 0.05) is 23.3 Å². The summed E-state index contributed by atoms with van der Waals surface area (Å²) in [6.45, 7) is 0.501. The number of fused-ring (bicyclic) bond motifs is 1. The molecule has 6 nitrogen and oxygen atoms in total. The number of rotatable bonds is 6. The number of nitro benzene ring substituents is 1. The number of thioether (sulfide) groups is 1. The molecule has 0 aliphatic carbocycles. The number of carbonyl (C=O) groups is 1. The van der Waals surface area contributed by atoms with Gasteiger partial charge in [-0.2, -0.15) is 0 Å². The van der Waals surface area contributed by atoms with Crippen molar-refractivity contribution in [2.45, 2.75) is 23.7 Å². The van der Waals surface area contributed by atoms with E-state index in [0.717, 1.165) is 27.3 Å².